The van der Waals surface area contributed by atoms with E-state index < -0.39 is 9.84 Å². The van der Waals surface area contributed by atoms with Gasteiger partial charge in [-0.15, -0.1) is 0 Å². The lowest BCUT2D eigenvalue weighted by Gasteiger charge is -2.35. The van der Waals surface area contributed by atoms with E-state index in [1.807, 2.05) is 11.8 Å². The summed E-state index contributed by atoms with van der Waals surface area (Å²) in [4.78, 5) is 0. The van der Waals surface area contributed by atoms with Gasteiger partial charge in [0.2, 0.25) is 0 Å². The van der Waals surface area contributed by atoms with E-state index in [1.54, 1.807) is 0 Å². The highest BCUT2D eigenvalue weighted by molar-refractivity contribution is 7.99. The highest BCUT2D eigenvalue weighted by Crippen LogP contribution is 2.28. The fourth-order valence-electron chi connectivity index (χ4n) is 2.93. The number of nitrogens with one attached hydrogen (secondary N) is 1. The van der Waals surface area contributed by atoms with E-state index in [1.165, 1.54) is 25.7 Å². The predicted octanol–water partition coefficient (Wildman–Crippen LogP) is 1.83. The molecule has 0 spiro atoms. The van der Waals surface area contributed by atoms with Crippen LogP contribution in [0, 0.1) is 0 Å². The van der Waals surface area contributed by atoms with Crippen molar-refractivity contribution in [1.29, 1.82) is 0 Å². The molecule has 1 saturated heterocycles. The van der Waals surface area contributed by atoms with Crippen LogP contribution in [-0.2, 0) is 9.84 Å². The lowest BCUT2D eigenvalue weighted by molar-refractivity contribution is 0.331. The molecule has 0 aromatic rings. The fraction of sp³-hybridized carbons (Fsp3) is 1.00. The summed E-state index contributed by atoms with van der Waals surface area (Å²) in [6.45, 7) is 0. The molecule has 1 N–H and O–H groups in total. The third-order valence-electron chi connectivity index (χ3n) is 4.01. The molecule has 2 atom stereocenters. The normalized spacial score (nSPS) is 34.6. The predicted molar refractivity (Wildman–Crippen MR) is 74.4 cm³/mol. The molecule has 0 bridgehead atoms. The molecule has 0 aromatic heterocycles. The standard InChI is InChI=1S/C12H23NO2S2/c1-16-12-5-3-2-4-11(12)13-10-6-8-17(14,15)9-7-10/h10-13H,2-9H2,1H3. The fourth-order valence-corrected chi connectivity index (χ4v) is 5.37. The average Bonchev–Trinajstić information content (AvgIpc) is 2.32. The molecule has 2 fully saturated rings. The first-order valence-corrected chi connectivity index (χ1v) is 9.71. The second kappa shape index (κ2) is 5.93. The SMILES string of the molecule is CSC1CCCCC1NC1CCS(=O)(=O)CC1. The minimum atomic E-state index is -2.72. The van der Waals surface area contributed by atoms with Crippen molar-refractivity contribution < 1.29 is 8.42 Å². The topological polar surface area (TPSA) is 46.2 Å². The Balaban J connectivity index is 1.84. The number of hydrogen-bond acceptors (Lipinski definition) is 4. The maximum absolute atomic E-state index is 11.4. The first-order valence-electron chi connectivity index (χ1n) is 6.60. The van der Waals surface area contributed by atoms with Crippen molar-refractivity contribution in [2.75, 3.05) is 17.8 Å². The largest absolute Gasteiger partial charge is 0.310 e. The van der Waals surface area contributed by atoms with Gasteiger partial charge in [-0.2, -0.15) is 11.8 Å². The van der Waals surface area contributed by atoms with Gasteiger partial charge in [-0.25, -0.2) is 8.42 Å². The van der Waals surface area contributed by atoms with Crippen molar-refractivity contribution in [3.05, 3.63) is 0 Å². The van der Waals surface area contributed by atoms with Crippen LogP contribution in [0.25, 0.3) is 0 Å². The highest BCUT2D eigenvalue weighted by Gasteiger charge is 2.29. The minimum absolute atomic E-state index is 0.376. The molecule has 100 valence electrons. The summed E-state index contributed by atoms with van der Waals surface area (Å²) in [6, 6.07) is 1.03. The summed E-state index contributed by atoms with van der Waals surface area (Å²) in [7, 11) is -2.72. The molecule has 5 heteroatoms. The Morgan fingerprint density at radius 3 is 2.35 bits per heavy atom. The quantitative estimate of drug-likeness (QED) is 0.855. The molecule has 1 saturated carbocycles. The number of hydrogen-bond donors (Lipinski definition) is 1. The van der Waals surface area contributed by atoms with E-state index in [9.17, 15) is 8.42 Å². The van der Waals surface area contributed by atoms with E-state index in [0.717, 1.165) is 18.1 Å². The molecule has 2 rings (SSSR count). The molecular weight excluding hydrogens is 254 g/mol. The van der Waals surface area contributed by atoms with E-state index >= 15 is 0 Å². The lowest BCUT2D eigenvalue weighted by Crippen LogP contribution is -2.48. The Bertz CT molecular complexity index is 328. The van der Waals surface area contributed by atoms with Gasteiger partial charge in [0.05, 0.1) is 11.5 Å². The lowest BCUT2D eigenvalue weighted by atomic mass is 9.93. The van der Waals surface area contributed by atoms with Gasteiger partial charge in [0.25, 0.3) is 0 Å². The third-order valence-corrected chi connectivity index (χ3v) is 6.89. The van der Waals surface area contributed by atoms with Gasteiger partial charge in [0.15, 0.2) is 0 Å². The molecule has 0 radical (unpaired) electrons. The summed E-state index contributed by atoms with van der Waals surface area (Å²) >= 11 is 1.96. The molecule has 2 aliphatic rings. The van der Waals surface area contributed by atoms with Crippen LogP contribution in [0.15, 0.2) is 0 Å². The van der Waals surface area contributed by atoms with Crippen LogP contribution in [0.1, 0.15) is 38.5 Å². The van der Waals surface area contributed by atoms with E-state index in [-0.39, 0.29) is 0 Å². The van der Waals surface area contributed by atoms with Gasteiger partial charge in [0.1, 0.15) is 9.84 Å². The van der Waals surface area contributed by atoms with E-state index in [2.05, 4.69) is 11.6 Å². The first-order chi connectivity index (χ1) is 8.11. The molecular formula is C12H23NO2S2. The van der Waals surface area contributed by atoms with Crippen LogP contribution >= 0.6 is 11.8 Å². The van der Waals surface area contributed by atoms with Crippen molar-refractivity contribution in [3.8, 4) is 0 Å². The maximum atomic E-state index is 11.4. The zero-order valence-electron chi connectivity index (χ0n) is 10.5. The molecule has 1 aliphatic heterocycles. The van der Waals surface area contributed by atoms with Crippen LogP contribution in [-0.4, -0.2) is 43.5 Å². The van der Waals surface area contributed by atoms with Crippen LogP contribution in [0.4, 0.5) is 0 Å². The summed E-state index contributed by atoms with van der Waals surface area (Å²) in [6.07, 6.45) is 9.04. The van der Waals surface area contributed by atoms with Crippen molar-refractivity contribution in [1.82, 2.24) is 5.32 Å². The highest BCUT2D eigenvalue weighted by atomic mass is 32.2. The summed E-state index contributed by atoms with van der Waals surface area (Å²) in [5.74, 6) is 0.753. The molecule has 1 heterocycles. The van der Waals surface area contributed by atoms with Crippen molar-refractivity contribution in [2.45, 2.75) is 55.9 Å². The van der Waals surface area contributed by atoms with Gasteiger partial charge in [0, 0.05) is 17.3 Å². The Kier molecular flexibility index (Phi) is 4.78. The molecule has 0 amide bonds. The first kappa shape index (κ1) is 13.7. The number of sulfone groups is 1. The van der Waals surface area contributed by atoms with Crippen molar-refractivity contribution in [2.24, 2.45) is 0 Å². The molecule has 0 aromatic carbocycles. The minimum Gasteiger partial charge on any atom is -0.310 e. The second-order valence-corrected chi connectivity index (χ2v) is 8.64. The Hall–Kier alpha value is 0.260. The van der Waals surface area contributed by atoms with E-state index in [4.69, 9.17) is 0 Å². The van der Waals surface area contributed by atoms with Gasteiger partial charge in [-0.1, -0.05) is 12.8 Å². The van der Waals surface area contributed by atoms with Gasteiger partial charge >= 0.3 is 0 Å². The smallest absolute Gasteiger partial charge is 0.150 e. The zero-order chi connectivity index (χ0) is 12.3. The third kappa shape index (κ3) is 3.86. The van der Waals surface area contributed by atoms with Gasteiger partial charge in [-0.3, -0.25) is 0 Å². The summed E-state index contributed by atoms with van der Waals surface area (Å²) in [5.41, 5.74) is 0. The Labute approximate surface area is 109 Å². The Morgan fingerprint density at radius 2 is 1.71 bits per heavy atom. The van der Waals surface area contributed by atoms with Gasteiger partial charge < -0.3 is 5.32 Å². The number of rotatable bonds is 3. The molecule has 3 nitrogen and oxygen atoms in total. The maximum Gasteiger partial charge on any atom is 0.150 e. The van der Waals surface area contributed by atoms with Crippen molar-refractivity contribution in [3.63, 3.8) is 0 Å². The van der Waals surface area contributed by atoms with Gasteiger partial charge in [-0.05, 0) is 31.9 Å². The summed E-state index contributed by atoms with van der Waals surface area (Å²) < 4.78 is 22.8. The van der Waals surface area contributed by atoms with Crippen LogP contribution < -0.4 is 5.32 Å². The molecule has 2 unspecified atom stereocenters. The summed E-state index contributed by atoms with van der Waals surface area (Å²) in [5, 5.41) is 4.44. The monoisotopic (exact) mass is 277 g/mol. The average molecular weight is 277 g/mol. The van der Waals surface area contributed by atoms with E-state index in [0.29, 0.717) is 23.6 Å². The second-order valence-electron chi connectivity index (χ2n) is 5.26. The molecule has 17 heavy (non-hydrogen) atoms. The Morgan fingerprint density at radius 1 is 1.06 bits per heavy atom. The van der Waals surface area contributed by atoms with Crippen LogP contribution in [0.5, 0.6) is 0 Å². The zero-order valence-corrected chi connectivity index (χ0v) is 12.2. The molecule has 1 aliphatic carbocycles. The number of thioether (sulfide) groups is 1. The van der Waals surface area contributed by atoms with Crippen LogP contribution in [0.2, 0.25) is 0 Å². The van der Waals surface area contributed by atoms with Crippen molar-refractivity contribution >= 4 is 21.6 Å². The van der Waals surface area contributed by atoms with Crippen LogP contribution in [0.3, 0.4) is 0 Å².